The Balaban J connectivity index is 2.25. The van der Waals surface area contributed by atoms with E-state index in [0.29, 0.717) is 5.02 Å². The molecule has 0 bridgehead atoms. The zero-order valence-electron chi connectivity index (χ0n) is 9.56. The number of aromatic nitrogens is 2. The van der Waals surface area contributed by atoms with Gasteiger partial charge in [-0.2, -0.15) is 5.10 Å². The molecule has 0 saturated carbocycles. The third-order valence-electron chi connectivity index (χ3n) is 2.65. The quantitative estimate of drug-likeness (QED) is 0.648. The average molecular weight is 271 g/mol. The number of halogens is 1. The van der Waals surface area contributed by atoms with Crippen molar-refractivity contribution in [2.75, 3.05) is 0 Å². The number of rotatable bonds is 5. The zero-order valence-corrected chi connectivity index (χ0v) is 11.1. The van der Waals surface area contributed by atoms with E-state index in [9.17, 15) is 0 Å². The van der Waals surface area contributed by atoms with Gasteiger partial charge in [0.1, 0.15) is 0 Å². The Kier molecular flexibility index (Phi) is 4.17. The first-order valence-corrected chi connectivity index (χ1v) is 6.71. The highest BCUT2D eigenvalue weighted by Crippen LogP contribution is 2.26. The van der Waals surface area contributed by atoms with Gasteiger partial charge in [-0.15, -0.1) is 11.3 Å². The Bertz CT molecular complexity index is 466. The maximum absolute atomic E-state index is 6.16. The maximum atomic E-state index is 6.16. The minimum absolute atomic E-state index is 0.0106. The number of aryl methyl sites for hydroxylation is 1. The predicted octanol–water partition coefficient (Wildman–Crippen LogP) is 2.36. The summed E-state index contributed by atoms with van der Waals surface area (Å²) in [5.74, 6) is 5.63. The first kappa shape index (κ1) is 12.6. The van der Waals surface area contributed by atoms with Gasteiger partial charge in [0.05, 0.1) is 23.0 Å². The number of thiophene rings is 1. The second kappa shape index (κ2) is 5.64. The molecule has 0 saturated heterocycles. The number of nitrogens with two attached hydrogens (primary N) is 1. The van der Waals surface area contributed by atoms with Crippen molar-refractivity contribution >= 4 is 22.9 Å². The van der Waals surface area contributed by atoms with Crippen molar-refractivity contribution in [3.8, 4) is 0 Å². The van der Waals surface area contributed by atoms with E-state index in [1.165, 1.54) is 4.88 Å². The van der Waals surface area contributed by atoms with Crippen LogP contribution in [0.25, 0.3) is 0 Å². The zero-order chi connectivity index (χ0) is 12.3. The first-order valence-electron chi connectivity index (χ1n) is 5.46. The standard InChI is InChI=1S/C11H15ClN4S/c1-2-16-11(9(12)7-14-16)10(15-13)6-8-4-3-5-17-8/h3-5,7,10,15H,2,6,13H2,1H3. The molecule has 3 N–H and O–H groups in total. The largest absolute Gasteiger partial charge is 0.271 e. The molecule has 0 aliphatic heterocycles. The van der Waals surface area contributed by atoms with Crippen LogP contribution in [0, 0.1) is 0 Å². The molecule has 2 heterocycles. The molecule has 1 unspecified atom stereocenters. The SMILES string of the molecule is CCn1ncc(Cl)c1C(Cc1cccs1)NN. The van der Waals surface area contributed by atoms with Crippen molar-refractivity contribution in [3.05, 3.63) is 39.3 Å². The van der Waals surface area contributed by atoms with Gasteiger partial charge >= 0.3 is 0 Å². The molecule has 0 fully saturated rings. The number of nitrogens with zero attached hydrogens (tertiary/aromatic N) is 2. The van der Waals surface area contributed by atoms with Gasteiger partial charge in [-0.25, -0.2) is 0 Å². The van der Waals surface area contributed by atoms with E-state index < -0.39 is 0 Å². The molecule has 2 rings (SSSR count). The number of nitrogens with one attached hydrogen (secondary N) is 1. The summed E-state index contributed by atoms with van der Waals surface area (Å²) in [6.45, 7) is 2.82. The lowest BCUT2D eigenvalue weighted by atomic mass is 10.1. The number of hydrogen-bond donors (Lipinski definition) is 2. The Hall–Kier alpha value is -0.880. The predicted molar refractivity (Wildman–Crippen MR) is 71.0 cm³/mol. The van der Waals surface area contributed by atoms with Crippen LogP contribution in [0.3, 0.4) is 0 Å². The van der Waals surface area contributed by atoms with E-state index in [2.05, 4.69) is 22.0 Å². The van der Waals surface area contributed by atoms with Crippen LogP contribution in [-0.2, 0) is 13.0 Å². The Morgan fingerprint density at radius 3 is 3.06 bits per heavy atom. The second-order valence-corrected chi connectivity index (χ2v) is 5.14. The molecule has 6 heteroatoms. The highest BCUT2D eigenvalue weighted by atomic mass is 35.5. The fourth-order valence-corrected chi connectivity index (χ4v) is 2.86. The van der Waals surface area contributed by atoms with Crippen molar-refractivity contribution in [2.45, 2.75) is 25.9 Å². The van der Waals surface area contributed by atoms with Crippen molar-refractivity contribution < 1.29 is 0 Å². The Morgan fingerprint density at radius 2 is 2.47 bits per heavy atom. The molecule has 0 aliphatic carbocycles. The maximum Gasteiger partial charge on any atom is 0.0834 e. The van der Waals surface area contributed by atoms with E-state index in [0.717, 1.165) is 18.7 Å². The highest BCUT2D eigenvalue weighted by Gasteiger charge is 2.19. The number of hydrogen-bond acceptors (Lipinski definition) is 4. The molecule has 0 aromatic carbocycles. The van der Waals surface area contributed by atoms with Crippen LogP contribution in [-0.4, -0.2) is 9.78 Å². The van der Waals surface area contributed by atoms with Crippen LogP contribution < -0.4 is 11.3 Å². The monoisotopic (exact) mass is 270 g/mol. The number of hydrazine groups is 1. The molecule has 17 heavy (non-hydrogen) atoms. The molecule has 2 aromatic rings. The van der Waals surface area contributed by atoms with Gasteiger partial charge in [-0.05, 0) is 18.4 Å². The Morgan fingerprint density at radius 1 is 1.65 bits per heavy atom. The third kappa shape index (κ3) is 2.69. The molecule has 0 amide bonds. The van der Waals surface area contributed by atoms with E-state index in [1.807, 2.05) is 17.7 Å². The van der Waals surface area contributed by atoms with Crippen LogP contribution in [0.1, 0.15) is 23.5 Å². The van der Waals surface area contributed by atoms with Crippen molar-refractivity contribution in [1.82, 2.24) is 15.2 Å². The lowest BCUT2D eigenvalue weighted by molar-refractivity contribution is 0.493. The summed E-state index contributed by atoms with van der Waals surface area (Å²) in [4.78, 5) is 1.27. The second-order valence-electron chi connectivity index (χ2n) is 3.70. The minimum Gasteiger partial charge on any atom is -0.271 e. The van der Waals surface area contributed by atoms with Crippen LogP contribution in [0.5, 0.6) is 0 Å². The average Bonchev–Trinajstić information content (AvgIpc) is 2.95. The minimum atomic E-state index is -0.0106. The van der Waals surface area contributed by atoms with Crippen LogP contribution in [0.4, 0.5) is 0 Å². The van der Waals surface area contributed by atoms with Gasteiger partial charge in [-0.1, -0.05) is 17.7 Å². The van der Waals surface area contributed by atoms with Crippen molar-refractivity contribution in [2.24, 2.45) is 5.84 Å². The summed E-state index contributed by atoms with van der Waals surface area (Å²) in [6.07, 6.45) is 2.48. The van der Waals surface area contributed by atoms with Crippen LogP contribution in [0.15, 0.2) is 23.7 Å². The molecular formula is C11H15ClN4S. The molecule has 0 radical (unpaired) electrons. The summed E-state index contributed by atoms with van der Waals surface area (Å²) in [5, 5.41) is 6.94. The van der Waals surface area contributed by atoms with E-state index >= 15 is 0 Å². The smallest absolute Gasteiger partial charge is 0.0834 e. The van der Waals surface area contributed by atoms with Gasteiger partial charge in [0.2, 0.25) is 0 Å². The van der Waals surface area contributed by atoms with Gasteiger partial charge in [-0.3, -0.25) is 16.0 Å². The van der Waals surface area contributed by atoms with Crippen LogP contribution >= 0.6 is 22.9 Å². The Labute approximate surface area is 109 Å². The van der Waals surface area contributed by atoms with Gasteiger partial charge in [0.25, 0.3) is 0 Å². The lowest BCUT2D eigenvalue weighted by Crippen LogP contribution is -2.31. The summed E-state index contributed by atoms with van der Waals surface area (Å²) >= 11 is 7.88. The molecular weight excluding hydrogens is 256 g/mol. The molecule has 2 aromatic heterocycles. The summed E-state index contributed by atoms with van der Waals surface area (Å²) in [7, 11) is 0. The summed E-state index contributed by atoms with van der Waals surface area (Å²) in [5.41, 5.74) is 3.77. The van der Waals surface area contributed by atoms with Crippen molar-refractivity contribution in [3.63, 3.8) is 0 Å². The molecule has 4 nitrogen and oxygen atoms in total. The summed E-state index contributed by atoms with van der Waals surface area (Å²) in [6, 6.07) is 4.12. The summed E-state index contributed by atoms with van der Waals surface area (Å²) < 4.78 is 1.88. The van der Waals surface area contributed by atoms with Gasteiger partial charge in [0.15, 0.2) is 0 Å². The fraction of sp³-hybridized carbons (Fsp3) is 0.364. The molecule has 92 valence electrons. The topological polar surface area (TPSA) is 55.9 Å². The highest BCUT2D eigenvalue weighted by molar-refractivity contribution is 7.09. The first-order chi connectivity index (χ1) is 8.26. The van der Waals surface area contributed by atoms with E-state index in [4.69, 9.17) is 17.4 Å². The molecule has 0 spiro atoms. The van der Waals surface area contributed by atoms with Crippen molar-refractivity contribution in [1.29, 1.82) is 0 Å². The van der Waals surface area contributed by atoms with Gasteiger partial charge in [0, 0.05) is 17.8 Å². The van der Waals surface area contributed by atoms with Crippen LogP contribution in [0.2, 0.25) is 5.02 Å². The molecule has 0 aliphatic rings. The molecule has 1 atom stereocenters. The fourth-order valence-electron chi connectivity index (χ4n) is 1.83. The third-order valence-corrected chi connectivity index (χ3v) is 3.84. The normalized spacial score (nSPS) is 12.9. The lowest BCUT2D eigenvalue weighted by Gasteiger charge is -2.17. The van der Waals surface area contributed by atoms with Gasteiger partial charge < -0.3 is 0 Å². The van der Waals surface area contributed by atoms with E-state index in [-0.39, 0.29) is 6.04 Å². The van der Waals surface area contributed by atoms with E-state index in [1.54, 1.807) is 17.5 Å².